The Morgan fingerprint density at radius 1 is 1.61 bits per heavy atom. The van der Waals surface area contributed by atoms with Gasteiger partial charge in [-0.05, 0) is 38.6 Å². The van der Waals surface area contributed by atoms with Gasteiger partial charge in [-0.1, -0.05) is 6.92 Å². The maximum absolute atomic E-state index is 5.63. The van der Waals surface area contributed by atoms with Gasteiger partial charge in [0.1, 0.15) is 0 Å². The third-order valence-corrected chi connectivity index (χ3v) is 4.47. The zero-order valence-electron chi connectivity index (χ0n) is 11.4. The third kappa shape index (κ3) is 4.04. The van der Waals surface area contributed by atoms with Gasteiger partial charge in [0.25, 0.3) is 0 Å². The number of aromatic nitrogens is 1. The van der Waals surface area contributed by atoms with Crippen molar-refractivity contribution in [2.45, 2.75) is 45.6 Å². The molecule has 2 heterocycles. The van der Waals surface area contributed by atoms with E-state index in [4.69, 9.17) is 4.74 Å². The predicted molar refractivity (Wildman–Crippen MR) is 76.2 cm³/mol. The highest BCUT2D eigenvalue weighted by Gasteiger charge is 2.24. The van der Waals surface area contributed by atoms with Gasteiger partial charge in [-0.15, -0.1) is 11.3 Å². The number of thiazole rings is 1. The first-order valence-corrected chi connectivity index (χ1v) is 7.89. The molecule has 0 spiro atoms. The zero-order chi connectivity index (χ0) is 12.8. The molecule has 1 saturated heterocycles. The fraction of sp³-hybridized carbons (Fsp3) is 0.786. The monoisotopic (exact) mass is 268 g/mol. The Hall–Kier alpha value is -0.450. The molecule has 0 aliphatic carbocycles. The summed E-state index contributed by atoms with van der Waals surface area (Å²) in [6.07, 6.45) is 4.71. The minimum absolute atomic E-state index is 0.524. The van der Waals surface area contributed by atoms with Gasteiger partial charge in [0.15, 0.2) is 0 Å². The molecule has 1 aliphatic heterocycles. The van der Waals surface area contributed by atoms with E-state index in [0.717, 1.165) is 31.9 Å². The molecule has 18 heavy (non-hydrogen) atoms. The molecule has 3 nitrogen and oxygen atoms in total. The van der Waals surface area contributed by atoms with Gasteiger partial charge in [0, 0.05) is 30.1 Å². The molecule has 0 amide bonds. The summed E-state index contributed by atoms with van der Waals surface area (Å²) >= 11 is 1.78. The lowest BCUT2D eigenvalue weighted by molar-refractivity contribution is 0.0393. The molecule has 1 N–H and O–H groups in total. The topological polar surface area (TPSA) is 34.2 Å². The molecular formula is C14H24N2OS. The van der Waals surface area contributed by atoms with E-state index in [1.54, 1.807) is 11.3 Å². The van der Waals surface area contributed by atoms with Crippen LogP contribution in [0.25, 0.3) is 0 Å². The first-order chi connectivity index (χ1) is 8.79. The molecule has 2 unspecified atom stereocenters. The van der Waals surface area contributed by atoms with Crippen molar-refractivity contribution < 1.29 is 4.74 Å². The van der Waals surface area contributed by atoms with Crippen LogP contribution in [0.4, 0.5) is 0 Å². The summed E-state index contributed by atoms with van der Waals surface area (Å²) in [5, 5.41) is 7.08. The molecule has 1 aromatic heterocycles. The fourth-order valence-corrected chi connectivity index (χ4v) is 3.33. The Morgan fingerprint density at radius 3 is 3.11 bits per heavy atom. The summed E-state index contributed by atoms with van der Waals surface area (Å²) in [4.78, 5) is 4.59. The minimum atomic E-state index is 0.524. The largest absolute Gasteiger partial charge is 0.381 e. The first-order valence-electron chi connectivity index (χ1n) is 7.01. The number of rotatable bonds is 6. The lowest BCUT2D eigenvalue weighted by Crippen LogP contribution is -2.42. The van der Waals surface area contributed by atoms with E-state index >= 15 is 0 Å². The highest BCUT2D eigenvalue weighted by atomic mass is 32.1. The van der Waals surface area contributed by atoms with Gasteiger partial charge in [0.05, 0.1) is 11.6 Å². The summed E-state index contributed by atoms with van der Waals surface area (Å²) in [5.74, 6) is 0.648. The van der Waals surface area contributed by atoms with Crippen LogP contribution in [0, 0.1) is 12.8 Å². The highest BCUT2D eigenvalue weighted by Crippen LogP contribution is 2.21. The average Bonchev–Trinajstić information content (AvgIpc) is 2.81. The zero-order valence-corrected chi connectivity index (χ0v) is 12.3. The molecule has 4 heteroatoms. The molecule has 0 bridgehead atoms. The number of hydrogen-bond donors (Lipinski definition) is 1. The number of nitrogens with zero attached hydrogens (tertiary/aromatic N) is 1. The van der Waals surface area contributed by atoms with Gasteiger partial charge < -0.3 is 10.1 Å². The fourth-order valence-electron chi connectivity index (χ4n) is 2.50. The van der Waals surface area contributed by atoms with Crippen molar-refractivity contribution in [1.82, 2.24) is 10.3 Å². The van der Waals surface area contributed by atoms with Crippen LogP contribution in [0.5, 0.6) is 0 Å². The van der Waals surface area contributed by atoms with Crippen LogP contribution in [0.1, 0.15) is 36.9 Å². The summed E-state index contributed by atoms with van der Waals surface area (Å²) in [6.45, 7) is 7.22. The van der Waals surface area contributed by atoms with Gasteiger partial charge in [-0.2, -0.15) is 0 Å². The van der Waals surface area contributed by atoms with Crippen molar-refractivity contribution >= 4 is 11.3 Å². The van der Waals surface area contributed by atoms with Crippen LogP contribution in [0.2, 0.25) is 0 Å². The second-order valence-electron chi connectivity index (χ2n) is 5.12. The quantitative estimate of drug-likeness (QED) is 0.861. The molecule has 0 saturated carbocycles. The normalized spacial score (nSPS) is 22.0. The Morgan fingerprint density at radius 2 is 2.50 bits per heavy atom. The van der Waals surface area contributed by atoms with Crippen molar-refractivity contribution in [2.24, 2.45) is 5.92 Å². The maximum Gasteiger partial charge on any atom is 0.0943 e. The molecular weight excluding hydrogens is 244 g/mol. The van der Waals surface area contributed by atoms with Crippen LogP contribution in [0.15, 0.2) is 5.38 Å². The number of aryl methyl sites for hydroxylation is 1. The van der Waals surface area contributed by atoms with E-state index < -0.39 is 0 Å². The lowest BCUT2D eigenvalue weighted by Gasteiger charge is -2.30. The minimum Gasteiger partial charge on any atom is -0.381 e. The summed E-state index contributed by atoms with van der Waals surface area (Å²) < 4.78 is 5.63. The van der Waals surface area contributed by atoms with Crippen molar-refractivity contribution in [3.05, 3.63) is 16.1 Å². The van der Waals surface area contributed by atoms with E-state index in [1.807, 2.05) is 0 Å². The number of ether oxygens (including phenoxy) is 1. The van der Waals surface area contributed by atoms with Gasteiger partial charge in [0.2, 0.25) is 0 Å². The van der Waals surface area contributed by atoms with E-state index in [-0.39, 0.29) is 0 Å². The maximum atomic E-state index is 5.63. The van der Waals surface area contributed by atoms with Gasteiger partial charge in [-0.25, -0.2) is 4.98 Å². The first kappa shape index (κ1) is 14.0. The smallest absolute Gasteiger partial charge is 0.0943 e. The third-order valence-electron chi connectivity index (χ3n) is 3.48. The molecule has 0 radical (unpaired) electrons. The molecule has 1 fully saturated rings. The van der Waals surface area contributed by atoms with Crippen LogP contribution in [-0.4, -0.2) is 30.8 Å². The van der Waals surface area contributed by atoms with Crippen LogP contribution in [0.3, 0.4) is 0 Å². The Bertz CT molecular complexity index is 347. The SMILES string of the molecule is CCCNC(Cc1nc(C)cs1)C1CCCOC1. The molecule has 1 aliphatic rings. The number of hydrogen-bond acceptors (Lipinski definition) is 4. The second-order valence-corrected chi connectivity index (χ2v) is 6.07. The highest BCUT2D eigenvalue weighted by molar-refractivity contribution is 7.09. The summed E-state index contributed by atoms with van der Waals surface area (Å²) in [5.41, 5.74) is 1.14. The van der Waals surface area contributed by atoms with Crippen LogP contribution >= 0.6 is 11.3 Å². The van der Waals surface area contributed by atoms with Crippen LogP contribution in [-0.2, 0) is 11.2 Å². The lowest BCUT2D eigenvalue weighted by atomic mass is 9.91. The Balaban J connectivity index is 1.94. The van der Waals surface area contributed by atoms with E-state index in [9.17, 15) is 0 Å². The van der Waals surface area contributed by atoms with Crippen molar-refractivity contribution in [2.75, 3.05) is 19.8 Å². The number of nitrogens with one attached hydrogen (secondary N) is 1. The average molecular weight is 268 g/mol. The Labute approximate surface area is 114 Å². The molecule has 2 rings (SSSR count). The predicted octanol–water partition coefficient (Wildman–Crippen LogP) is 2.79. The van der Waals surface area contributed by atoms with Crippen LogP contribution < -0.4 is 5.32 Å². The molecule has 1 aromatic rings. The van der Waals surface area contributed by atoms with Gasteiger partial charge >= 0.3 is 0 Å². The van der Waals surface area contributed by atoms with Gasteiger partial charge in [-0.3, -0.25) is 0 Å². The molecule has 102 valence electrons. The van der Waals surface area contributed by atoms with E-state index in [2.05, 4.69) is 29.5 Å². The molecule has 0 aromatic carbocycles. The van der Waals surface area contributed by atoms with E-state index in [1.165, 1.54) is 24.3 Å². The van der Waals surface area contributed by atoms with Crippen molar-refractivity contribution in [1.29, 1.82) is 0 Å². The molecule has 2 atom stereocenters. The van der Waals surface area contributed by atoms with E-state index in [0.29, 0.717) is 12.0 Å². The second kappa shape index (κ2) is 7.22. The Kier molecular flexibility index (Phi) is 5.60. The van der Waals surface area contributed by atoms with Crippen molar-refractivity contribution in [3.8, 4) is 0 Å². The summed E-state index contributed by atoms with van der Waals surface area (Å²) in [7, 11) is 0. The standard InChI is InChI=1S/C14H24N2OS/c1-3-6-15-13(12-5-4-7-17-9-12)8-14-16-11(2)10-18-14/h10,12-13,15H,3-9H2,1-2H3. The van der Waals surface area contributed by atoms with Crippen molar-refractivity contribution in [3.63, 3.8) is 0 Å². The summed E-state index contributed by atoms with van der Waals surface area (Å²) in [6, 6.07) is 0.524.